The largest absolute Gasteiger partial charge is 0.417 e. The van der Waals surface area contributed by atoms with Crippen molar-refractivity contribution >= 4 is 29.0 Å². The van der Waals surface area contributed by atoms with Gasteiger partial charge in [-0.3, -0.25) is 4.79 Å². The summed E-state index contributed by atoms with van der Waals surface area (Å²) in [6, 6.07) is 8.11. The van der Waals surface area contributed by atoms with Crippen molar-refractivity contribution < 1.29 is 18.0 Å². The number of hydrogen-bond donors (Lipinski definition) is 1. The van der Waals surface area contributed by atoms with Crippen LogP contribution in [0, 0.1) is 5.92 Å². The van der Waals surface area contributed by atoms with E-state index in [2.05, 4.69) is 20.4 Å². The highest BCUT2D eigenvalue weighted by Gasteiger charge is 2.33. The molecule has 2 aromatic heterocycles. The van der Waals surface area contributed by atoms with Crippen LogP contribution in [0.4, 0.5) is 24.7 Å². The number of pyridine rings is 1. The summed E-state index contributed by atoms with van der Waals surface area (Å²) in [6.07, 6.45) is 0.398. The molecule has 3 heterocycles. The van der Waals surface area contributed by atoms with Gasteiger partial charge in [0.05, 0.1) is 16.3 Å². The quantitative estimate of drug-likeness (QED) is 0.645. The first-order valence-corrected chi connectivity index (χ1v) is 9.92. The van der Waals surface area contributed by atoms with Gasteiger partial charge in [0.2, 0.25) is 5.91 Å². The summed E-state index contributed by atoms with van der Waals surface area (Å²) >= 11 is 6.03. The summed E-state index contributed by atoms with van der Waals surface area (Å²) < 4.78 is 40.0. The molecule has 4 rings (SSSR count). The molecule has 3 aromatic rings. The molecule has 0 bridgehead atoms. The Balaban J connectivity index is 1.34. The maximum Gasteiger partial charge on any atom is 0.417 e. The van der Waals surface area contributed by atoms with Gasteiger partial charge in [0.15, 0.2) is 0 Å². The zero-order valence-electron chi connectivity index (χ0n) is 16.2. The van der Waals surface area contributed by atoms with Gasteiger partial charge in [-0.1, -0.05) is 11.6 Å². The van der Waals surface area contributed by atoms with Gasteiger partial charge in [0.25, 0.3) is 0 Å². The van der Waals surface area contributed by atoms with Crippen LogP contribution in [0.2, 0.25) is 5.02 Å². The Morgan fingerprint density at radius 1 is 1.16 bits per heavy atom. The fourth-order valence-corrected chi connectivity index (χ4v) is 3.74. The molecule has 1 aliphatic heterocycles. The Morgan fingerprint density at radius 2 is 1.87 bits per heavy atom. The number of piperidine rings is 1. The Bertz CT molecular complexity index is 1050. The molecule has 1 saturated heterocycles. The zero-order chi connectivity index (χ0) is 22.0. The number of halogens is 4. The maximum absolute atomic E-state index is 12.8. The van der Waals surface area contributed by atoms with Crippen LogP contribution in [-0.4, -0.2) is 38.7 Å². The van der Waals surface area contributed by atoms with E-state index in [1.165, 1.54) is 6.33 Å². The summed E-state index contributed by atoms with van der Waals surface area (Å²) in [5, 5.41) is 6.90. The minimum atomic E-state index is -4.49. The van der Waals surface area contributed by atoms with Crippen LogP contribution < -0.4 is 10.2 Å². The molecule has 1 aromatic carbocycles. The SMILES string of the molecule is O=C(Nc1ccc(-n2cncn2)cc1)C1CCN(c2ncc(C(F)(F)F)cc2Cl)CC1. The molecule has 7 nitrogen and oxygen atoms in total. The number of amides is 1. The molecule has 31 heavy (non-hydrogen) atoms. The van der Waals surface area contributed by atoms with E-state index in [4.69, 9.17) is 11.6 Å². The van der Waals surface area contributed by atoms with Crippen molar-refractivity contribution in [3.05, 3.63) is 59.8 Å². The predicted octanol–water partition coefficient (Wildman–Crippen LogP) is 4.19. The van der Waals surface area contributed by atoms with Crippen LogP contribution in [0.3, 0.4) is 0 Å². The average Bonchev–Trinajstić information content (AvgIpc) is 3.29. The van der Waals surface area contributed by atoms with Gasteiger partial charge in [-0.2, -0.15) is 18.3 Å². The van der Waals surface area contributed by atoms with Crippen LogP contribution >= 0.6 is 11.6 Å². The van der Waals surface area contributed by atoms with Crippen molar-refractivity contribution in [1.29, 1.82) is 0 Å². The van der Waals surface area contributed by atoms with Crippen molar-refractivity contribution in [2.75, 3.05) is 23.3 Å². The minimum absolute atomic E-state index is 0.0507. The Labute approximate surface area is 180 Å². The fraction of sp³-hybridized carbons (Fsp3) is 0.300. The number of nitrogens with zero attached hydrogens (tertiary/aromatic N) is 5. The fourth-order valence-electron chi connectivity index (χ4n) is 3.46. The Morgan fingerprint density at radius 3 is 2.45 bits per heavy atom. The molecule has 11 heteroatoms. The topological polar surface area (TPSA) is 75.9 Å². The van der Waals surface area contributed by atoms with Gasteiger partial charge in [-0.15, -0.1) is 0 Å². The zero-order valence-corrected chi connectivity index (χ0v) is 16.9. The van der Waals surface area contributed by atoms with Crippen molar-refractivity contribution in [3.63, 3.8) is 0 Å². The second kappa shape index (κ2) is 8.54. The number of carbonyl (C=O) groups is 1. The molecule has 1 aliphatic rings. The lowest BCUT2D eigenvalue weighted by atomic mass is 9.95. The Hall–Kier alpha value is -3.14. The monoisotopic (exact) mass is 450 g/mol. The van der Waals surface area contributed by atoms with E-state index in [1.54, 1.807) is 28.0 Å². The molecule has 0 unspecified atom stereocenters. The molecule has 162 valence electrons. The number of anilines is 2. The third-order valence-corrected chi connectivity index (χ3v) is 5.41. The van der Waals surface area contributed by atoms with Crippen molar-refractivity contribution in [2.24, 2.45) is 5.92 Å². The highest BCUT2D eigenvalue weighted by molar-refractivity contribution is 6.33. The van der Waals surface area contributed by atoms with Gasteiger partial charge >= 0.3 is 6.18 Å². The molecule has 0 aliphatic carbocycles. The smallest absolute Gasteiger partial charge is 0.355 e. The first-order chi connectivity index (χ1) is 14.8. The molecule has 0 atom stereocenters. The summed E-state index contributed by atoms with van der Waals surface area (Å²) in [5.74, 6) is -0.00341. The molecule has 1 amide bonds. The number of alkyl halides is 3. The number of rotatable bonds is 4. The van der Waals surface area contributed by atoms with Gasteiger partial charge in [-0.05, 0) is 43.2 Å². The lowest BCUT2D eigenvalue weighted by Gasteiger charge is -2.32. The molecular formula is C20H18ClF3N6O. The molecule has 1 N–H and O–H groups in total. The van der Waals surface area contributed by atoms with Gasteiger partial charge in [0.1, 0.15) is 18.5 Å². The summed E-state index contributed by atoms with van der Waals surface area (Å²) in [4.78, 5) is 22.2. The van der Waals surface area contributed by atoms with Gasteiger partial charge in [0, 0.05) is 30.9 Å². The first kappa shape index (κ1) is 21.1. The summed E-state index contributed by atoms with van der Waals surface area (Å²) in [6.45, 7) is 0.947. The molecule has 0 radical (unpaired) electrons. The van der Waals surface area contributed by atoms with Crippen molar-refractivity contribution in [3.8, 4) is 5.69 Å². The van der Waals surface area contributed by atoms with Crippen LogP contribution in [0.15, 0.2) is 49.2 Å². The lowest BCUT2D eigenvalue weighted by molar-refractivity contribution is -0.137. The van der Waals surface area contributed by atoms with Crippen molar-refractivity contribution in [1.82, 2.24) is 19.7 Å². The van der Waals surface area contributed by atoms with E-state index in [1.807, 2.05) is 12.1 Å². The number of hydrogen-bond acceptors (Lipinski definition) is 5. The van der Waals surface area contributed by atoms with Gasteiger partial charge < -0.3 is 10.2 Å². The van der Waals surface area contributed by atoms with Crippen molar-refractivity contribution in [2.45, 2.75) is 19.0 Å². The number of benzene rings is 1. The van der Waals surface area contributed by atoms with E-state index >= 15 is 0 Å². The number of carbonyl (C=O) groups excluding carboxylic acids is 1. The molecular weight excluding hydrogens is 433 g/mol. The third kappa shape index (κ3) is 4.79. The van der Waals surface area contributed by atoms with E-state index < -0.39 is 11.7 Å². The average molecular weight is 451 g/mol. The number of aromatic nitrogens is 4. The standard InChI is InChI=1S/C20H18ClF3N6O/c21-17-9-14(20(22,23)24)10-26-18(17)29-7-5-13(6-8-29)19(31)28-15-1-3-16(4-2-15)30-12-25-11-27-30/h1-4,9-13H,5-8H2,(H,28,31). The molecule has 0 spiro atoms. The highest BCUT2D eigenvalue weighted by atomic mass is 35.5. The van der Waals surface area contributed by atoms with E-state index in [0.29, 0.717) is 37.4 Å². The predicted molar refractivity (Wildman–Crippen MR) is 109 cm³/mol. The van der Waals surface area contributed by atoms with Gasteiger partial charge in [-0.25, -0.2) is 14.6 Å². The van der Waals surface area contributed by atoms with Crippen LogP contribution in [0.1, 0.15) is 18.4 Å². The van der Waals surface area contributed by atoms with E-state index in [-0.39, 0.29) is 16.8 Å². The van der Waals surface area contributed by atoms with Crippen LogP contribution in [-0.2, 0) is 11.0 Å². The first-order valence-electron chi connectivity index (χ1n) is 9.55. The normalized spacial score (nSPS) is 15.2. The lowest BCUT2D eigenvalue weighted by Crippen LogP contribution is -2.38. The Kier molecular flexibility index (Phi) is 5.81. The third-order valence-electron chi connectivity index (χ3n) is 5.13. The molecule has 0 saturated carbocycles. The highest BCUT2D eigenvalue weighted by Crippen LogP contribution is 2.34. The van der Waals surface area contributed by atoms with Crippen LogP contribution in [0.5, 0.6) is 0 Å². The number of nitrogens with one attached hydrogen (secondary N) is 1. The second-order valence-electron chi connectivity index (χ2n) is 7.16. The summed E-state index contributed by atoms with van der Waals surface area (Å²) in [7, 11) is 0. The van der Waals surface area contributed by atoms with E-state index in [9.17, 15) is 18.0 Å². The second-order valence-corrected chi connectivity index (χ2v) is 7.57. The van der Waals surface area contributed by atoms with E-state index in [0.717, 1.165) is 18.0 Å². The maximum atomic E-state index is 12.8. The minimum Gasteiger partial charge on any atom is -0.355 e. The summed E-state index contributed by atoms with van der Waals surface area (Å²) in [5.41, 5.74) is 0.610. The van der Waals surface area contributed by atoms with Crippen LogP contribution in [0.25, 0.3) is 5.69 Å². The molecule has 1 fully saturated rings.